The Morgan fingerprint density at radius 3 is 2.45 bits per heavy atom. The van der Waals surface area contributed by atoms with Gasteiger partial charge in [0.05, 0.1) is 19.3 Å². The van der Waals surface area contributed by atoms with Gasteiger partial charge in [0.25, 0.3) is 0 Å². The average Bonchev–Trinajstić information content (AvgIpc) is 2.50. The van der Waals surface area contributed by atoms with E-state index in [-0.39, 0.29) is 11.6 Å². The van der Waals surface area contributed by atoms with E-state index in [1.54, 1.807) is 0 Å². The van der Waals surface area contributed by atoms with Crippen molar-refractivity contribution in [1.82, 2.24) is 10.3 Å². The minimum absolute atomic E-state index is 0.0492. The number of nitrogens with two attached hydrogens (primary N) is 1. The van der Waals surface area contributed by atoms with Gasteiger partial charge in [0.2, 0.25) is 0 Å². The fraction of sp³-hybridized carbons (Fsp3) is 0.600. The van der Waals surface area contributed by atoms with E-state index in [4.69, 9.17) is 22.2 Å². The number of rotatable bonds is 5. The lowest BCUT2D eigenvalue weighted by Gasteiger charge is -2.47. The molecule has 1 heterocycles. The standard InChI is InChI=1S/C15H24ClN3O/c1-3-15(2,19-8-10-20-11-9-19)14(18-17)12-4-6-13(16)7-5-12/h4-7,14,18H,3,8-11,17H2,1-2H3. The van der Waals surface area contributed by atoms with Crippen molar-refractivity contribution in [2.75, 3.05) is 26.3 Å². The lowest BCUT2D eigenvalue weighted by Crippen LogP contribution is -2.58. The van der Waals surface area contributed by atoms with Gasteiger partial charge in [-0.15, -0.1) is 0 Å². The molecule has 0 aromatic heterocycles. The van der Waals surface area contributed by atoms with Crippen LogP contribution in [0.25, 0.3) is 0 Å². The molecule has 2 unspecified atom stereocenters. The number of halogens is 1. The van der Waals surface area contributed by atoms with Crippen molar-refractivity contribution in [2.45, 2.75) is 31.8 Å². The fourth-order valence-corrected chi connectivity index (χ4v) is 3.10. The molecule has 1 saturated heterocycles. The summed E-state index contributed by atoms with van der Waals surface area (Å²) in [6.07, 6.45) is 1.00. The first-order chi connectivity index (χ1) is 9.61. The topological polar surface area (TPSA) is 50.5 Å². The molecule has 4 nitrogen and oxygen atoms in total. The molecule has 1 aromatic carbocycles. The zero-order valence-corrected chi connectivity index (χ0v) is 13.0. The first-order valence-electron chi connectivity index (χ1n) is 7.16. The summed E-state index contributed by atoms with van der Waals surface area (Å²) >= 11 is 5.98. The molecule has 5 heteroatoms. The molecule has 1 aliphatic heterocycles. The SMILES string of the molecule is CCC(C)(C(NN)c1ccc(Cl)cc1)N1CCOCC1. The minimum atomic E-state index is -0.0492. The van der Waals surface area contributed by atoms with E-state index in [2.05, 4.69) is 24.2 Å². The van der Waals surface area contributed by atoms with Crippen molar-refractivity contribution in [3.8, 4) is 0 Å². The van der Waals surface area contributed by atoms with Crippen LogP contribution in [0.15, 0.2) is 24.3 Å². The highest BCUT2D eigenvalue weighted by Crippen LogP contribution is 2.34. The lowest BCUT2D eigenvalue weighted by atomic mass is 9.83. The fourth-order valence-electron chi connectivity index (χ4n) is 2.97. The highest BCUT2D eigenvalue weighted by molar-refractivity contribution is 6.30. The number of ether oxygens (including phenoxy) is 1. The molecule has 0 spiro atoms. The Balaban J connectivity index is 2.27. The summed E-state index contributed by atoms with van der Waals surface area (Å²) in [5.74, 6) is 5.87. The van der Waals surface area contributed by atoms with Crippen molar-refractivity contribution in [3.05, 3.63) is 34.9 Å². The first kappa shape index (κ1) is 15.7. The van der Waals surface area contributed by atoms with E-state index in [1.807, 2.05) is 24.3 Å². The van der Waals surface area contributed by atoms with Crippen LogP contribution in [0.3, 0.4) is 0 Å². The van der Waals surface area contributed by atoms with Gasteiger partial charge in [0.1, 0.15) is 0 Å². The summed E-state index contributed by atoms with van der Waals surface area (Å²) in [5, 5.41) is 0.745. The van der Waals surface area contributed by atoms with Gasteiger partial charge in [-0.05, 0) is 31.0 Å². The molecule has 0 aliphatic carbocycles. The van der Waals surface area contributed by atoms with Gasteiger partial charge in [0.15, 0.2) is 0 Å². The molecule has 2 atom stereocenters. The lowest BCUT2D eigenvalue weighted by molar-refractivity contribution is -0.0329. The third-order valence-electron chi connectivity index (χ3n) is 4.44. The van der Waals surface area contributed by atoms with Gasteiger partial charge in [-0.2, -0.15) is 0 Å². The predicted octanol–water partition coefficient (Wildman–Crippen LogP) is 2.35. The number of benzene rings is 1. The van der Waals surface area contributed by atoms with Crippen molar-refractivity contribution in [2.24, 2.45) is 5.84 Å². The zero-order valence-electron chi connectivity index (χ0n) is 12.2. The molecule has 112 valence electrons. The van der Waals surface area contributed by atoms with Gasteiger partial charge in [-0.3, -0.25) is 16.2 Å². The average molecular weight is 298 g/mol. The molecule has 0 radical (unpaired) electrons. The minimum Gasteiger partial charge on any atom is -0.379 e. The Bertz CT molecular complexity index is 420. The number of morpholine rings is 1. The second-order valence-electron chi connectivity index (χ2n) is 5.46. The van der Waals surface area contributed by atoms with Crippen LogP contribution in [0.4, 0.5) is 0 Å². The second-order valence-corrected chi connectivity index (χ2v) is 5.90. The molecule has 1 aliphatic rings. The highest BCUT2D eigenvalue weighted by Gasteiger charge is 2.39. The van der Waals surface area contributed by atoms with Crippen LogP contribution in [-0.4, -0.2) is 36.7 Å². The molecule has 0 saturated carbocycles. The van der Waals surface area contributed by atoms with Crippen LogP contribution < -0.4 is 11.3 Å². The summed E-state index contributed by atoms with van der Waals surface area (Å²) in [5.41, 5.74) is 4.11. The van der Waals surface area contributed by atoms with Gasteiger partial charge >= 0.3 is 0 Å². The molecular formula is C15H24ClN3O. The van der Waals surface area contributed by atoms with Gasteiger partial charge in [-0.25, -0.2) is 0 Å². The Kier molecular flexibility index (Phi) is 5.41. The molecule has 0 bridgehead atoms. The Morgan fingerprint density at radius 1 is 1.35 bits per heavy atom. The van der Waals surface area contributed by atoms with Crippen LogP contribution in [-0.2, 0) is 4.74 Å². The normalized spacial score (nSPS) is 21.4. The van der Waals surface area contributed by atoms with Gasteiger partial charge in [0, 0.05) is 23.7 Å². The molecule has 1 aromatic rings. The quantitative estimate of drug-likeness (QED) is 0.647. The van der Waals surface area contributed by atoms with Crippen LogP contribution in [0.5, 0.6) is 0 Å². The Labute approximate surface area is 126 Å². The molecule has 20 heavy (non-hydrogen) atoms. The summed E-state index contributed by atoms with van der Waals surface area (Å²) < 4.78 is 5.46. The molecule has 2 rings (SSSR count). The van der Waals surface area contributed by atoms with Crippen molar-refractivity contribution in [3.63, 3.8) is 0 Å². The van der Waals surface area contributed by atoms with Crippen LogP contribution in [0.1, 0.15) is 31.9 Å². The smallest absolute Gasteiger partial charge is 0.0641 e. The van der Waals surface area contributed by atoms with Crippen molar-refractivity contribution < 1.29 is 4.74 Å². The number of nitrogens with zero attached hydrogens (tertiary/aromatic N) is 1. The van der Waals surface area contributed by atoms with Gasteiger partial charge < -0.3 is 4.74 Å². The highest BCUT2D eigenvalue weighted by atomic mass is 35.5. The van der Waals surface area contributed by atoms with Crippen molar-refractivity contribution >= 4 is 11.6 Å². The Hall–Kier alpha value is -0.650. The summed E-state index contributed by atoms with van der Waals surface area (Å²) in [7, 11) is 0. The summed E-state index contributed by atoms with van der Waals surface area (Å²) in [4.78, 5) is 2.47. The predicted molar refractivity (Wildman–Crippen MR) is 82.6 cm³/mol. The Morgan fingerprint density at radius 2 is 1.95 bits per heavy atom. The molecule has 0 amide bonds. The zero-order chi connectivity index (χ0) is 14.6. The summed E-state index contributed by atoms with van der Waals surface area (Å²) in [6, 6.07) is 7.97. The van der Waals surface area contributed by atoms with E-state index in [1.165, 1.54) is 0 Å². The van der Waals surface area contributed by atoms with E-state index in [0.717, 1.165) is 43.3 Å². The van der Waals surface area contributed by atoms with Crippen LogP contribution >= 0.6 is 11.6 Å². The third-order valence-corrected chi connectivity index (χ3v) is 4.69. The molecule has 1 fully saturated rings. The number of hydrogen-bond acceptors (Lipinski definition) is 4. The molecule has 3 N–H and O–H groups in total. The molecular weight excluding hydrogens is 274 g/mol. The van der Waals surface area contributed by atoms with Gasteiger partial charge in [-0.1, -0.05) is 30.7 Å². The third kappa shape index (κ3) is 3.15. The largest absolute Gasteiger partial charge is 0.379 e. The maximum atomic E-state index is 5.98. The first-order valence-corrected chi connectivity index (χ1v) is 7.54. The van der Waals surface area contributed by atoms with Crippen LogP contribution in [0.2, 0.25) is 5.02 Å². The summed E-state index contributed by atoms with van der Waals surface area (Å²) in [6.45, 7) is 7.92. The second kappa shape index (κ2) is 6.87. The monoisotopic (exact) mass is 297 g/mol. The van der Waals surface area contributed by atoms with Crippen molar-refractivity contribution in [1.29, 1.82) is 0 Å². The van der Waals surface area contributed by atoms with Crippen LogP contribution in [0, 0.1) is 0 Å². The number of nitrogens with one attached hydrogen (secondary N) is 1. The number of hydrogen-bond donors (Lipinski definition) is 2. The maximum Gasteiger partial charge on any atom is 0.0641 e. The van der Waals surface area contributed by atoms with E-state index in [0.29, 0.717) is 0 Å². The van der Waals surface area contributed by atoms with E-state index >= 15 is 0 Å². The maximum absolute atomic E-state index is 5.98. The van der Waals surface area contributed by atoms with E-state index in [9.17, 15) is 0 Å². The number of hydrazine groups is 1. The van der Waals surface area contributed by atoms with E-state index < -0.39 is 0 Å².